The molecule has 0 spiro atoms. The van der Waals surface area contributed by atoms with E-state index >= 15 is 0 Å². The molecule has 4 rings (SSSR count). The van der Waals surface area contributed by atoms with E-state index in [2.05, 4.69) is 22.4 Å². The van der Waals surface area contributed by atoms with Crippen molar-refractivity contribution in [2.24, 2.45) is 0 Å². The van der Waals surface area contributed by atoms with Crippen LogP contribution in [0.25, 0.3) is 15.9 Å². The number of hydrogen-bond donors (Lipinski definition) is 1. The third-order valence-electron chi connectivity index (χ3n) is 4.60. The first-order valence-electron chi connectivity index (χ1n) is 9.71. The van der Waals surface area contributed by atoms with E-state index in [4.69, 9.17) is 0 Å². The maximum Gasteiger partial charge on any atom is 0.276 e. The Morgan fingerprint density at radius 3 is 2.53 bits per heavy atom. The average Bonchev–Trinajstić information content (AvgIpc) is 3.26. The predicted molar refractivity (Wildman–Crippen MR) is 124 cm³/mol. The maximum atomic E-state index is 13.0. The number of nitrogens with zero attached hydrogens (tertiary/aromatic N) is 2. The molecule has 5 nitrogen and oxygen atoms in total. The Hall–Kier alpha value is -2.90. The quantitative estimate of drug-likeness (QED) is 0.255. The lowest BCUT2D eigenvalue weighted by Crippen LogP contribution is -2.27. The summed E-state index contributed by atoms with van der Waals surface area (Å²) in [5, 5.41) is 5.34. The second-order valence-electron chi connectivity index (χ2n) is 6.73. The molecule has 2 aromatic heterocycles. The second-order valence-corrected chi connectivity index (χ2v) is 8.59. The van der Waals surface area contributed by atoms with Gasteiger partial charge in [0.1, 0.15) is 4.70 Å². The molecule has 0 unspecified atom stereocenters. The molecule has 0 bridgehead atoms. The lowest BCUT2D eigenvalue weighted by atomic mass is 10.1. The van der Waals surface area contributed by atoms with Crippen molar-refractivity contribution in [1.82, 2.24) is 14.9 Å². The number of benzene rings is 2. The van der Waals surface area contributed by atoms with Crippen molar-refractivity contribution < 1.29 is 4.79 Å². The van der Waals surface area contributed by atoms with Crippen LogP contribution in [-0.2, 0) is 11.2 Å². The molecule has 0 saturated heterocycles. The van der Waals surface area contributed by atoms with Crippen molar-refractivity contribution in [3.8, 4) is 5.69 Å². The average molecular weight is 436 g/mol. The van der Waals surface area contributed by atoms with Crippen molar-refractivity contribution in [2.45, 2.75) is 18.0 Å². The number of aryl methyl sites for hydroxylation is 1. The summed E-state index contributed by atoms with van der Waals surface area (Å²) in [5.41, 5.74) is 2.58. The molecule has 2 aromatic carbocycles. The molecule has 4 aromatic rings. The number of carbonyl (C=O) groups is 1. The largest absolute Gasteiger partial charge is 0.355 e. The van der Waals surface area contributed by atoms with Gasteiger partial charge in [0.15, 0.2) is 5.16 Å². The van der Waals surface area contributed by atoms with Gasteiger partial charge < -0.3 is 5.32 Å². The fraction of sp³-hybridized carbons (Fsp3) is 0.174. The van der Waals surface area contributed by atoms with E-state index in [1.165, 1.54) is 28.7 Å². The monoisotopic (exact) mass is 435 g/mol. The number of para-hydroxylation sites is 1. The number of nitrogens with one attached hydrogen (secondary N) is 1. The molecule has 0 fully saturated rings. The van der Waals surface area contributed by atoms with Gasteiger partial charge in [-0.3, -0.25) is 14.2 Å². The molecule has 1 N–H and O–H groups in total. The summed E-state index contributed by atoms with van der Waals surface area (Å²) in [6.07, 6.45) is 1.81. The van der Waals surface area contributed by atoms with Crippen molar-refractivity contribution >= 4 is 39.2 Å². The number of thiophene rings is 1. The van der Waals surface area contributed by atoms with Crippen LogP contribution >= 0.6 is 23.1 Å². The van der Waals surface area contributed by atoms with Gasteiger partial charge in [-0.25, -0.2) is 4.98 Å². The number of fused-ring (bicyclic) bond motifs is 1. The molecule has 0 aliphatic rings. The summed E-state index contributed by atoms with van der Waals surface area (Å²) >= 11 is 2.66. The Labute approximate surface area is 182 Å². The van der Waals surface area contributed by atoms with E-state index in [9.17, 15) is 9.59 Å². The standard InChI is InChI=1S/C23H21N3O2S2/c27-20(24-14-7-10-17-8-3-1-4-9-17)16-30-23-25-19-13-15-29-21(19)22(28)26(23)18-11-5-2-6-12-18/h1-6,8-9,11-13,15H,7,10,14,16H2,(H,24,27). The third-order valence-corrected chi connectivity index (χ3v) is 6.43. The van der Waals surface area contributed by atoms with Crippen LogP contribution in [0.1, 0.15) is 12.0 Å². The lowest BCUT2D eigenvalue weighted by Gasteiger charge is -2.12. The van der Waals surface area contributed by atoms with Crippen LogP contribution in [0.15, 0.2) is 82.1 Å². The molecule has 2 heterocycles. The number of thioether (sulfide) groups is 1. The van der Waals surface area contributed by atoms with Crippen LogP contribution < -0.4 is 10.9 Å². The summed E-state index contributed by atoms with van der Waals surface area (Å²) in [4.78, 5) is 30.0. The molecular formula is C23H21N3O2S2. The fourth-order valence-corrected chi connectivity index (χ4v) is 4.74. The molecule has 0 aliphatic heterocycles. The van der Waals surface area contributed by atoms with Crippen LogP contribution in [0.2, 0.25) is 0 Å². The highest BCUT2D eigenvalue weighted by Gasteiger charge is 2.15. The summed E-state index contributed by atoms with van der Waals surface area (Å²) in [7, 11) is 0. The van der Waals surface area contributed by atoms with Gasteiger partial charge in [-0.1, -0.05) is 60.3 Å². The predicted octanol–water partition coefficient (Wildman–Crippen LogP) is 4.29. The maximum absolute atomic E-state index is 13.0. The molecule has 7 heteroatoms. The zero-order valence-corrected chi connectivity index (χ0v) is 17.9. The van der Waals surface area contributed by atoms with Crippen molar-refractivity contribution in [3.05, 3.63) is 88.0 Å². The summed E-state index contributed by atoms with van der Waals surface area (Å²) in [6, 6.07) is 21.5. The van der Waals surface area contributed by atoms with E-state index in [0.717, 1.165) is 18.5 Å². The zero-order valence-electron chi connectivity index (χ0n) is 16.3. The lowest BCUT2D eigenvalue weighted by molar-refractivity contribution is -0.118. The van der Waals surface area contributed by atoms with Crippen LogP contribution in [0.3, 0.4) is 0 Å². The number of hydrogen-bond acceptors (Lipinski definition) is 5. The van der Waals surface area contributed by atoms with E-state index in [1.807, 2.05) is 60.0 Å². The first-order chi connectivity index (χ1) is 14.7. The summed E-state index contributed by atoms with van der Waals surface area (Å²) in [5.74, 6) is 0.146. The number of carbonyl (C=O) groups excluding carboxylic acids is 1. The molecule has 1 amide bonds. The minimum atomic E-state index is -0.105. The van der Waals surface area contributed by atoms with Gasteiger partial charge in [0, 0.05) is 6.54 Å². The van der Waals surface area contributed by atoms with Crippen LogP contribution in [-0.4, -0.2) is 27.8 Å². The van der Waals surface area contributed by atoms with Gasteiger partial charge in [-0.2, -0.15) is 0 Å². The molecule has 0 atom stereocenters. The van der Waals surface area contributed by atoms with E-state index in [1.54, 1.807) is 4.57 Å². The van der Waals surface area contributed by atoms with Crippen LogP contribution in [0, 0.1) is 0 Å². The van der Waals surface area contributed by atoms with Gasteiger partial charge in [-0.05, 0) is 42.0 Å². The zero-order chi connectivity index (χ0) is 20.8. The first-order valence-corrected chi connectivity index (χ1v) is 11.6. The van der Waals surface area contributed by atoms with Crippen LogP contribution in [0.4, 0.5) is 0 Å². The molecule has 30 heavy (non-hydrogen) atoms. The van der Waals surface area contributed by atoms with Crippen LogP contribution in [0.5, 0.6) is 0 Å². The molecule has 0 aliphatic carbocycles. The Kier molecular flexibility index (Phi) is 6.61. The van der Waals surface area contributed by atoms with Gasteiger partial charge in [0.2, 0.25) is 5.91 Å². The first kappa shape index (κ1) is 20.4. The van der Waals surface area contributed by atoms with Gasteiger partial charge in [-0.15, -0.1) is 11.3 Å². The number of amides is 1. The molecule has 0 saturated carbocycles. The minimum absolute atomic E-state index is 0.0627. The highest BCUT2D eigenvalue weighted by Crippen LogP contribution is 2.23. The highest BCUT2D eigenvalue weighted by atomic mass is 32.2. The van der Waals surface area contributed by atoms with Crippen molar-refractivity contribution in [3.63, 3.8) is 0 Å². The van der Waals surface area contributed by atoms with E-state index in [0.29, 0.717) is 21.9 Å². The van der Waals surface area contributed by atoms with Gasteiger partial charge >= 0.3 is 0 Å². The summed E-state index contributed by atoms with van der Waals surface area (Å²) in [6.45, 7) is 0.622. The van der Waals surface area contributed by atoms with E-state index < -0.39 is 0 Å². The Morgan fingerprint density at radius 2 is 1.77 bits per heavy atom. The normalized spacial score (nSPS) is 10.9. The Morgan fingerprint density at radius 1 is 1.03 bits per heavy atom. The minimum Gasteiger partial charge on any atom is -0.355 e. The Bertz CT molecular complexity index is 1190. The second kappa shape index (κ2) is 9.73. The fourth-order valence-electron chi connectivity index (χ4n) is 3.14. The number of aromatic nitrogens is 2. The van der Waals surface area contributed by atoms with Crippen molar-refractivity contribution in [1.29, 1.82) is 0 Å². The SMILES string of the molecule is O=C(CSc1nc2ccsc2c(=O)n1-c1ccccc1)NCCCc1ccccc1. The smallest absolute Gasteiger partial charge is 0.276 e. The van der Waals surface area contributed by atoms with Gasteiger partial charge in [0.25, 0.3) is 5.56 Å². The Balaban J connectivity index is 1.42. The highest BCUT2D eigenvalue weighted by molar-refractivity contribution is 7.99. The molecule has 0 radical (unpaired) electrons. The molecule has 152 valence electrons. The topological polar surface area (TPSA) is 64.0 Å². The van der Waals surface area contributed by atoms with E-state index in [-0.39, 0.29) is 17.2 Å². The molecular weight excluding hydrogens is 414 g/mol. The number of rotatable bonds is 8. The van der Waals surface area contributed by atoms with Gasteiger partial charge in [0.05, 0.1) is 17.0 Å². The third kappa shape index (κ3) is 4.80. The summed E-state index contributed by atoms with van der Waals surface area (Å²) < 4.78 is 2.21. The van der Waals surface area contributed by atoms with Crippen molar-refractivity contribution in [2.75, 3.05) is 12.3 Å².